The Morgan fingerprint density at radius 2 is 1.84 bits per heavy atom. The van der Waals surface area contributed by atoms with Gasteiger partial charge in [-0.3, -0.25) is 4.98 Å². The first kappa shape index (κ1) is 23.5. The van der Waals surface area contributed by atoms with Gasteiger partial charge in [0, 0.05) is 61.0 Å². The Kier molecular flexibility index (Phi) is 6.92. The van der Waals surface area contributed by atoms with Crippen molar-refractivity contribution in [3.63, 3.8) is 0 Å². The van der Waals surface area contributed by atoms with Crippen molar-refractivity contribution in [1.29, 1.82) is 0 Å². The highest BCUT2D eigenvalue weighted by molar-refractivity contribution is 5.86. The van der Waals surface area contributed by atoms with Gasteiger partial charge in [0.05, 0.1) is 6.10 Å². The SMILES string of the molecule is C.Cc1ccc2c(c1)c1c(n2CC(CC(O)C(C)(C)C)c2ccncc2)CCN(C)C1. The zero-order chi connectivity index (χ0) is 21.5. The fourth-order valence-corrected chi connectivity index (χ4v) is 4.70. The second-order valence-corrected chi connectivity index (χ2v) is 10.1. The van der Waals surface area contributed by atoms with E-state index in [1.165, 1.54) is 33.3 Å². The molecule has 2 unspecified atom stereocenters. The third kappa shape index (κ3) is 4.86. The quantitative estimate of drug-likeness (QED) is 0.587. The maximum atomic E-state index is 10.9. The standard InChI is InChI=1S/C26H35N3O.CH4/c1-18-6-7-23-21(14-18)22-17-28(5)13-10-24(22)29(23)16-20(15-25(30)26(2,3)4)19-8-11-27-12-9-19;/h6-9,11-12,14,20,25,30H,10,13,15-17H2,1-5H3;1H4. The topological polar surface area (TPSA) is 41.3 Å². The largest absolute Gasteiger partial charge is 0.393 e. The molecular formula is C27H39N3O. The smallest absolute Gasteiger partial charge is 0.0595 e. The number of aromatic nitrogens is 2. The van der Waals surface area contributed by atoms with E-state index in [0.717, 1.165) is 32.5 Å². The zero-order valence-electron chi connectivity index (χ0n) is 19.0. The van der Waals surface area contributed by atoms with Crippen molar-refractivity contribution >= 4 is 10.9 Å². The number of likely N-dealkylation sites (N-methyl/N-ethyl adjacent to an activating group) is 1. The number of nitrogens with zero attached hydrogens (tertiary/aromatic N) is 3. The molecule has 0 fully saturated rings. The molecule has 1 aliphatic heterocycles. The Labute approximate surface area is 187 Å². The highest BCUT2D eigenvalue weighted by atomic mass is 16.3. The molecule has 0 aliphatic carbocycles. The number of hydrogen-bond acceptors (Lipinski definition) is 3. The molecule has 0 radical (unpaired) electrons. The molecule has 4 rings (SSSR count). The number of aliphatic hydroxyl groups is 1. The van der Waals surface area contributed by atoms with Gasteiger partial charge in [0.2, 0.25) is 0 Å². The van der Waals surface area contributed by atoms with Gasteiger partial charge < -0.3 is 14.6 Å². The van der Waals surface area contributed by atoms with Crippen LogP contribution in [0.4, 0.5) is 0 Å². The maximum Gasteiger partial charge on any atom is 0.0595 e. The minimum absolute atomic E-state index is 0. The third-order valence-electron chi connectivity index (χ3n) is 6.69. The maximum absolute atomic E-state index is 10.9. The van der Waals surface area contributed by atoms with Gasteiger partial charge in [-0.25, -0.2) is 0 Å². The van der Waals surface area contributed by atoms with E-state index >= 15 is 0 Å². The molecule has 4 nitrogen and oxygen atoms in total. The van der Waals surface area contributed by atoms with Gasteiger partial charge in [-0.1, -0.05) is 39.8 Å². The predicted octanol–water partition coefficient (Wildman–Crippen LogP) is 5.55. The Morgan fingerprint density at radius 1 is 1.13 bits per heavy atom. The Hall–Kier alpha value is -2.17. The molecule has 0 bridgehead atoms. The van der Waals surface area contributed by atoms with Crippen LogP contribution in [0.3, 0.4) is 0 Å². The Bertz CT molecular complexity index is 1020. The predicted molar refractivity (Wildman–Crippen MR) is 131 cm³/mol. The molecule has 2 aromatic heterocycles. The van der Waals surface area contributed by atoms with Crippen LogP contribution in [-0.4, -0.2) is 39.3 Å². The van der Waals surface area contributed by atoms with Crippen LogP contribution in [-0.2, 0) is 19.5 Å². The van der Waals surface area contributed by atoms with Gasteiger partial charge in [0.15, 0.2) is 0 Å². The van der Waals surface area contributed by atoms with E-state index in [4.69, 9.17) is 0 Å². The summed E-state index contributed by atoms with van der Waals surface area (Å²) in [6, 6.07) is 11.1. The van der Waals surface area contributed by atoms with Gasteiger partial charge >= 0.3 is 0 Å². The van der Waals surface area contributed by atoms with Gasteiger partial charge in [0.1, 0.15) is 0 Å². The second-order valence-electron chi connectivity index (χ2n) is 10.1. The van der Waals surface area contributed by atoms with Gasteiger partial charge in [-0.05, 0) is 61.2 Å². The summed E-state index contributed by atoms with van der Waals surface area (Å²) >= 11 is 0. The molecular weight excluding hydrogens is 382 g/mol. The van der Waals surface area contributed by atoms with Gasteiger partial charge in [-0.2, -0.15) is 0 Å². The lowest BCUT2D eigenvalue weighted by molar-refractivity contribution is 0.0477. The van der Waals surface area contributed by atoms with E-state index in [9.17, 15) is 5.11 Å². The van der Waals surface area contributed by atoms with Crippen LogP contribution in [0.5, 0.6) is 0 Å². The number of aliphatic hydroxyl groups excluding tert-OH is 1. The van der Waals surface area contributed by atoms with Crippen molar-refractivity contribution in [2.75, 3.05) is 13.6 Å². The van der Waals surface area contributed by atoms with Crippen LogP contribution in [0.1, 0.15) is 62.9 Å². The number of aryl methyl sites for hydroxylation is 1. The van der Waals surface area contributed by atoms with Crippen LogP contribution in [0, 0.1) is 12.3 Å². The van der Waals surface area contributed by atoms with E-state index in [2.05, 4.69) is 79.5 Å². The van der Waals surface area contributed by atoms with E-state index < -0.39 is 0 Å². The van der Waals surface area contributed by atoms with E-state index in [0.29, 0.717) is 0 Å². The lowest BCUT2D eigenvalue weighted by Crippen LogP contribution is -2.30. The molecule has 3 aromatic rings. The summed E-state index contributed by atoms with van der Waals surface area (Å²) in [7, 11) is 2.21. The summed E-state index contributed by atoms with van der Waals surface area (Å²) in [5, 5.41) is 12.3. The molecule has 0 spiro atoms. The van der Waals surface area contributed by atoms with E-state index in [-0.39, 0.29) is 24.9 Å². The number of rotatable bonds is 5. The zero-order valence-corrected chi connectivity index (χ0v) is 19.0. The first-order valence-electron chi connectivity index (χ1n) is 11.1. The molecule has 168 valence electrons. The van der Waals surface area contributed by atoms with Crippen molar-refractivity contribution < 1.29 is 5.11 Å². The van der Waals surface area contributed by atoms with Crippen molar-refractivity contribution in [3.8, 4) is 0 Å². The van der Waals surface area contributed by atoms with E-state index in [1.807, 2.05) is 12.4 Å². The minimum atomic E-state index is -0.360. The highest BCUT2D eigenvalue weighted by Gasteiger charge is 2.29. The summed E-state index contributed by atoms with van der Waals surface area (Å²) in [6.07, 6.45) is 5.19. The van der Waals surface area contributed by atoms with E-state index in [1.54, 1.807) is 0 Å². The van der Waals surface area contributed by atoms with Crippen LogP contribution >= 0.6 is 0 Å². The molecule has 1 aliphatic rings. The molecule has 2 atom stereocenters. The molecule has 1 aromatic carbocycles. The van der Waals surface area contributed by atoms with Gasteiger partial charge in [0.25, 0.3) is 0 Å². The summed E-state index contributed by atoms with van der Waals surface area (Å²) in [4.78, 5) is 6.63. The first-order valence-corrected chi connectivity index (χ1v) is 11.1. The van der Waals surface area contributed by atoms with Crippen LogP contribution in [0.2, 0.25) is 0 Å². The number of hydrogen-bond donors (Lipinski definition) is 1. The molecule has 3 heterocycles. The summed E-state index contributed by atoms with van der Waals surface area (Å²) in [6.45, 7) is 11.5. The molecule has 0 saturated heterocycles. The molecule has 4 heteroatoms. The highest BCUT2D eigenvalue weighted by Crippen LogP contribution is 2.36. The fraction of sp³-hybridized carbons (Fsp3) is 0.519. The summed E-state index contributed by atoms with van der Waals surface area (Å²) in [5.74, 6) is 0.239. The molecule has 0 amide bonds. The number of fused-ring (bicyclic) bond motifs is 3. The van der Waals surface area contributed by atoms with Crippen LogP contribution < -0.4 is 0 Å². The first-order chi connectivity index (χ1) is 14.2. The minimum Gasteiger partial charge on any atom is -0.393 e. The average molecular weight is 422 g/mol. The normalized spacial score (nSPS) is 16.6. The lowest BCUT2D eigenvalue weighted by Gasteiger charge is -2.31. The Balaban J connectivity index is 0.00000272. The number of pyridine rings is 1. The fourth-order valence-electron chi connectivity index (χ4n) is 4.70. The van der Waals surface area contributed by atoms with Crippen LogP contribution in [0.25, 0.3) is 10.9 Å². The monoisotopic (exact) mass is 421 g/mol. The molecule has 31 heavy (non-hydrogen) atoms. The lowest BCUT2D eigenvalue weighted by atomic mass is 9.81. The van der Waals surface area contributed by atoms with Crippen molar-refractivity contribution in [1.82, 2.24) is 14.5 Å². The van der Waals surface area contributed by atoms with Crippen molar-refractivity contribution in [2.45, 2.75) is 73.1 Å². The molecule has 1 N–H and O–H groups in total. The van der Waals surface area contributed by atoms with Crippen molar-refractivity contribution in [2.24, 2.45) is 5.41 Å². The second kappa shape index (κ2) is 9.13. The van der Waals surface area contributed by atoms with Crippen LogP contribution in [0.15, 0.2) is 42.7 Å². The molecule has 0 saturated carbocycles. The van der Waals surface area contributed by atoms with Gasteiger partial charge in [-0.15, -0.1) is 0 Å². The Morgan fingerprint density at radius 3 is 2.52 bits per heavy atom. The average Bonchev–Trinajstić information content (AvgIpc) is 2.99. The summed E-state index contributed by atoms with van der Waals surface area (Å²) in [5.41, 5.74) is 6.70. The summed E-state index contributed by atoms with van der Waals surface area (Å²) < 4.78 is 2.54. The van der Waals surface area contributed by atoms with Crippen molar-refractivity contribution in [3.05, 3.63) is 65.1 Å². The number of benzene rings is 1. The third-order valence-corrected chi connectivity index (χ3v) is 6.69.